The van der Waals surface area contributed by atoms with Crippen molar-refractivity contribution in [2.24, 2.45) is 5.41 Å². The highest BCUT2D eigenvalue weighted by atomic mass is 32.2. The average molecular weight is 404 g/mol. The third-order valence-corrected chi connectivity index (χ3v) is 4.99. The molecule has 0 spiro atoms. The standard InChI is InChI=1S/C20H21NO4S2/c1-20(2,3)14-12-16-8-10-17(11-9-16)13-15-27(24,25)21-18-6-4-5-7-19(18)26(22)23/h4-11,13,15,21H,1-3H3,(H,22,23). The summed E-state index contributed by atoms with van der Waals surface area (Å²) in [6.07, 6.45) is 1.45. The van der Waals surface area contributed by atoms with Gasteiger partial charge < -0.3 is 4.55 Å². The van der Waals surface area contributed by atoms with Crippen molar-refractivity contribution in [1.82, 2.24) is 0 Å². The Morgan fingerprint density at radius 2 is 1.70 bits per heavy atom. The lowest BCUT2D eigenvalue weighted by Crippen LogP contribution is -2.11. The molecule has 0 saturated carbocycles. The molecule has 7 heteroatoms. The molecule has 1 unspecified atom stereocenters. The molecule has 1 atom stereocenters. The topological polar surface area (TPSA) is 83.5 Å². The SMILES string of the molecule is CC(C)(C)C#Cc1ccc(C=CS(=O)(=O)Nc2ccccc2S(=O)O)cc1. The van der Waals surface area contributed by atoms with E-state index in [4.69, 9.17) is 0 Å². The van der Waals surface area contributed by atoms with E-state index >= 15 is 0 Å². The van der Waals surface area contributed by atoms with Crippen molar-refractivity contribution in [2.75, 3.05) is 4.72 Å². The van der Waals surface area contributed by atoms with Gasteiger partial charge in [0.2, 0.25) is 0 Å². The first-order valence-electron chi connectivity index (χ1n) is 8.10. The number of nitrogens with one attached hydrogen (secondary N) is 1. The highest BCUT2D eigenvalue weighted by molar-refractivity contribution is 7.95. The fraction of sp³-hybridized carbons (Fsp3) is 0.200. The van der Waals surface area contributed by atoms with E-state index < -0.39 is 21.1 Å². The minimum atomic E-state index is -3.83. The number of hydrogen-bond donors (Lipinski definition) is 2. The maximum atomic E-state index is 12.2. The summed E-state index contributed by atoms with van der Waals surface area (Å²) in [4.78, 5) is -0.00347. The Kier molecular flexibility index (Phi) is 6.60. The van der Waals surface area contributed by atoms with Gasteiger partial charge in [0.05, 0.1) is 16.0 Å². The predicted octanol–water partition coefficient (Wildman–Crippen LogP) is 4.08. The van der Waals surface area contributed by atoms with E-state index in [0.717, 1.165) is 11.0 Å². The minimum absolute atomic E-state index is 0.00347. The summed E-state index contributed by atoms with van der Waals surface area (Å²) in [5, 5.41) is 1.01. The number of sulfonamides is 1. The summed E-state index contributed by atoms with van der Waals surface area (Å²) in [5.74, 6) is 6.21. The van der Waals surface area contributed by atoms with E-state index in [2.05, 4.69) is 16.6 Å². The molecule has 27 heavy (non-hydrogen) atoms. The summed E-state index contributed by atoms with van der Waals surface area (Å²) >= 11 is -2.29. The van der Waals surface area contributed by atoms with E-state index in [9.17, 15) is 17.2 Å². The molecule has 0 amide bonds. The van der Waals surface area contributed by atoms with Crippen LogP contribution in [0.15, 0.2) is 58.8 Å². The van der Waals surface area contributed by atoms with Crippen LogP contribution in [0.4, 0.5) is 5.69 Å². The molecule has 142 valence electrons. The maximum absolute atomic E-state index is 12.2. The number of benzene rings is 2. The first kappa shape index (κ1) is 20.9. The smallest absolute Gasteiger partial charge is 0.255 e. The van der Waals surface area contributed by atoms with Crippen LogP contribution in [0, 0.1) is 17.3 Å². The Balaban J connectivity index is 2.15. The van der Waals surface area contributed by atoms with E-state index in [-0.39, 0.29) is 16.0 Å². The Bertz CT molecular complexity index is 1020. The van der Waals surface area contributed by atoms with Crippen molar-refractivity contribution in [3.63, 3.8) is 0 Å². The molecule has 0 aromatic heterocycles. The molecule has 0 heterocycles. The Labute approximate surface area is 162 Å². The van der Waals surface area contributed by atoms with Gasteiger partial charge in [0.25, 0.3) is 10.0 Å². The van der Waals surface area contributed by atoms with Crippen molar-refractivity contribution >= 4 is 32.9 Å². The number of hydrogen-bond acceptors (Lipinski definition) is 3. The summed E-state index contributed by atoms with van der Waals surface area (Å²) < 4.78 is 47.3. The van der Waals surface area contributed by atoms with Crippen LogP contribution in [-0.4, -0.2) is 17.2 Å². The maximum Gasteiger partial charge on any atom is 0.255 e. The van der Waals surface area contributed by atoms with E-state index in [1.807, 2.05) is 32.9 Å². The molecular formula is C20H21NO4S2. The van der Waals surface area contributed by atoms with Crippen LogP contribution in [0.3, 0.4) is 0 Å². The third-order valence-electron chi connectivity index (χ3n) is 3.26. The fourth-order valence-corrected chi connectivity index (χ4v) is 3.45. The highest BCUT2D eigenvalue weighted by Gasteiger charge is 2.12. The van der Waals surface area contributed by atoms with Gasteiger partial charge in [-0.2, -0.15) is 0 Å². The normalized spacial score (nSPS) is 13.0. The van der Waals surface area contributed by atoms with Gasteiger partial charge in [0.15, 0.2) is 11.1 Å². The third kappa shape index (κ3) is 7.02. The van der Waals surface area contributed by atoms with Gasteiger partial charge in [-0.3, -0.25) is 4.72 Å². The molecule has 0 fully saturated rings. The summed E-state index contributed by atoms with van der Waals surface area (Å²) in [6, 6.07) is 13.1. The lowest BCUT2D eigenvalue weighted by molar-refractivity contribution is 0.564. The van der Waals surface area contributed by atoms with E-state index in [1.54, 1.807) is 24.3 Å². The van der Waals surface area contributed by atoms with E-state index in [1.165, 1.54) is 18.2 Å². The fourth-order valence-electron chi connectivity index (χ4n) is 2.00. The first-order chi connectivity index (χ1) is 12.6. The van der Waals surface area contributed by atoms with Crippen molar-refractivity contribution in [3.05, 3.63) is 65.1 Å². The number of anilines is 1. The largest absolute Gasteiger partial charge is 0.302 e. The minimum Gasteiger partial charge on any atom is -0.302 e. The molecule has 0 radical (unpaired) electrons. The molecule has 2 rings (SSSR count). The summed E-state index contributed by atoms with van der Waals surface area (Å²) in [5.41, 5.74) is 1.52. The van der Waals surface area contributed by atoms with Gasteiger partial charge in [-0.25, -0.2) is 12.6 Å². The number of para-hydroxylation sites is 1. The van der Waals surface area contributed by atoms with Gasteiger partial charge >= 0.3 is 0 Å². The molecule has 0 aliphatic carbocycles. The quantitative estimate of drug-likeness (QED) is 0.582. The monoisotopic (exact) mass is 403 g/mol. The van der Waals surface area contributed by atoms with Gasteiger partial charge in [-0.15, -0.1) is 0 Å². The van der Waals surface area contributed by atoms with E-state index in [0.29, 0.717) is 5.56 Å². The first-order valence-corrected chi connectivity index (χ1v) is 10.8. The van der Waals surface area contributed by atoms with Crippen LogP contribution in [0.5, 0.6) is 0 Å². The van der Waals surface area contributed by atoms with Crippen LogP contribution in [0.1, 0.15) is 31.9 Å². The van der Waals surface area contributed by atoms with Crippen molar-refractivity contribution in [2.45, 2.75) is 25.7 Å². The van der Waals surface area contributed by atoms with Crippen LogP contribution >= 0.6 is 0 Å². The van der Waals surface area contributed by atoms with Crippen molar-refractivity contribution in [3.8, 4) is 11.8 Å². The summed E-state index contributed by atoms with van der Waals surface area (Å²) in [7, 11) is -3.83. The summed E-state index contributed by atoms with van der Waals surface area (Å²) in [6.45, 7) is 6.08. The van der Waals surface area contributed by atoms with Gasteiger partial charge in [-0.1, -0.05) is 36.1 Å². The zero-order valence-corrected chi connectivity index (χ0v) is 16.9. The Morgan fingerprint density at radius 1 is 1.07 bits per heavy atom. The zero-order chi connectivity index (χ0) is 20.1. The molecular weight excluding hydrogens is 382 g/mol. The van der Waals surface area contributed by atoms with Gasteiger partial charge in [-0.05, 0) is 56.7 Å². The van der Waals surface area contributed by atoms with Crippen molar-refractivity contribution in [1.29, 1.82) is 0 Å². The molecule has 2 aromatic rings. The molecule has 0 aliphatic rings. The van der Waals surface area contributed by atoms with Gasteiger partial charge in [0.1, 0.15) is 0 Å². The molecule has 0 saturated heterocycles. The molecule has 2 N–H and O–H groups in total. The zero-order valence-electron chi connectivity index (χ0n) is 15.3. The molecule has 0 bridgehead atoms. The second kappa shape index (κ2) is 8.53. The van der Waals surface area contributed by atoms with Crippen LogP contribution in [0.2, 0.25) is 0 Å². The highest BCUT2D eigenvalue weighted by Crippen LogP contribution is 2.20. The Hall–Kier alpha value is -2.40. The van der Waals surface area contributed by atoms with Gasteiger partial charge in [0, 0.05) is 11.0 Å². The second-order valence-corrected chi connectivity index (χ2v) is 9.32. The van der Waals surface area contributed by atoms with Crippen LogP contribution < -0.4 is 4.72 Å². The lowest BCUT2D eigenvalue weighted by atomic mass is 9.97. The Morgan fingerprint density at radius 3 is 2.30 bits per heavy atom. The second-order valence-electron chi connectivity index (χ2n) is 6.82. The average Bonchev–Trinajstić information content (AvgIpc) is 2.58. The predicted molar refractivity (Wildman–Crippen MR) is 110 cm³/mol. The molecule has 0 aliphatic heterocycles. The lowest BCUT2D eigenvalue weighted by Gasteiger charge is -2.08. The van der Waals surface area contributed by atoms with Crippen LogP contribution in [0.25, 0.3) is 6.08 Å². The number of rotatable bonds is 5. The van der Waals surface area contributed by atoms with Crippen molar-refractivity contribution < 1.29 is 17.2 Å². The molecule has 2 aromatic carbocycles. The van der Waals surface area contributed by atoms with Crippen LogP contribution in [-0.2, 0) is 21.1 Å². The molecule has 5 nitrogen and oxygen atoms in total.